The quantitative estimate of drug-likeness (QED) is 0.427. The van der Waals surface area contributed by atoms with Crippen molar-refractivity contribution in [2.24, 2.45) is 7.05 Å². The number of alkyl halides is 3. The van der Waals surface area contributed by atoms with Gasteiger partial charge < -0.3 is 9.47 Å². The number of halogens is 5. The molecule has 0 saturated heterocycles. The van der Waals surface area contributed by atoms with Crippen LogP contribution >= 0.6 is 34.8 Å². The molecule has 1 heterocycles. The Morgan fingerprint density at radius 1 is 1.29 bits per heavy atom. The molecular weight excluding hydrogens is 437 g/mol. The third-order valence-electron chi connectivity index (χ3n) is 3.52. The molecule has 1 unspecified atom stereocenters. The summed E-state index contributed by atoms with van der Waals surface area (Å²) in [6, 6.07) is 4.86. The highest BCUT2D eigenvalue weighted by Crippen LogP contribution is 2.37. The largest absolute Gasteiger partial charge is 0.459 e. The topological polar surface area (TPSA) is 53.4 Å². The minimum atomic E-state index is -3.03. The maximum atomic E-state index is 12.5. The van der Waals surface area contributed by atoms with Crippen molar-refractivity contribution in [1.29, 1.82) is 0 Å². The Hall–Kier alpha value is -1.57. The Kier molecular flexibility index (Phi) is 7.17. The molecule has 0 aliphatic heterocycles. The maximum absolute atomic E-state index is 12.5. The average molecular weight is 456 g/mol. The summed E-state index contributed by atoms with van der Waals surface area (Å²) in [5, 5.41) is 3.49. The number of benzene rings is 1. The molecule has 2 aromatic rings. The number of carbonyl (C=O) groups is 1. The molecule has 0 saturated carbocycles. The third kappa shape index (κ3) is 5.72. The van der Waals surface area contributed by atoms with E-state index in [4.69, 9.17) is 39.5 Å². The summed E-state index contributed by atoms with van der Waals surface area (Å²) in [4.78, 5) is 12.1. The van der Waals surface area contributed by atoms with Crippen LogP contribution in [0.1, 0.15) is 26.3 Å². The van der Waals surface area contributed by atoms with E-state index in [0.29, 0.717) is 16.1 Å². The van der Waals surface area contributed by atoms with Crippen molar-refractivity contribution in [2.75, 3.05) is 0 Å². The lowest BCUT2D eigenvalue weighted by Gasteiger charge is -2.21. The Morgan fingerprint density at radius 2 is 1.93 bits per heavy atom. The van der Waals surface area contributed by atoms with Crippen LogP contribution in [0.25, 0.3) is 11.3 Å². The van der Waals surface area contributed by atoms with Crippen molar-refractivity contribution in [3.63, 3.8) is 0 Å². The van der Waals surface area contributed by atoms with E-state index in [1.807, 2.05) is 0 Å². The van der Waals surface area contributed by atoms with Gasteiger partial charge in [-0.1, -0.05) is 29.3 Å². The van der Waals surface area contributed by atoms with Gasteiger partial charge in [-0.15, -0.1) is 11.6 Å². The molecule has 1 atom stereocenters. The number of esters is 1. The number of aromatic nitrogens is 2. The second kappa shape index (κ2) is 8.84. The fraction of sp³-hybridized carbons (Fsp3) is 0.444. The van der Waals surface area contributed by atoms with E-state index in [1.165, 1.54) is 7.05 Å². The van der Waals surface area contributed by atoms with E-state index in [1.54, 1.807) is 39.0 Å². The Morgan fingerprint density at radius 3 is 2.50 bits per heavy atom. The first-order chi connectivity index (χ1) is 12.9. The van der Waals surface area contributed by atoms with E-state index in [-0.39, 0.29) is 23.0 Å². The summed E-state index contributed by atoms with van der Waals surface area (Å²) in [6.07, 6.45) is 0.105. The van der Waals surface area contributed by atoms with Gasteiger partial charge in [0.2, 0.25) is 5.88 Å². The van der Waals surface area contributed by atoms with E-state index in [0.717, 1.165) is 4.68 Å². The smallest absolute Gasteiger partial charge is 0.388 e. The van der Waals surface area contributed by atoms with E-state index in [2.05, 4.69) is 9.84 Å². The molecule has 154 valence electrons. The molecule has 0 aliphatic carbocycles. The standard InChI is InChI=1S/C18H19Cl3F2N2O3/c1-18(2,3)28-16(26)12(20)8-10-7-9(5-6-11(10)19)14-13(21)15(25(4)24-14)27-17(22)23/h5-7,12,17H,8H2,1-4H3. The van der Waals surface area contributed by atoms with Crippen LogP contribution in [0, 0.1) is 0 Å². The van der Waals surface area contributed by atoms with Crippen LogP contribution < -0.4 is 4.74 Å². The lowest BCUT2D eigenvalue weighted by atomic mass is 10.0. The van der Waals surface area contributed by atoms with Crippen molar-refractivity contribution >= 4 is 40.8 Å². The molecule has 2 rings (SSSR count). The van der Waals surface area contributed by atoms with Crippen LogP contribution in [0.3, 0.4) is 0 Å². The van der Waals surface area contributed by atoms with Gasteiger partial charge in [-0.3, -0.25) is 4.79 Å². The van der Waals surface area contributed by atoms with Crippen molar-refractivity contribution in [3.05, 3.63) is 33.8 Å². The fourth-order valence-corrected chi connectivity index (χ4v) is 3.12. The predicted molar refractivity (Wildman–Crippen MR) is 104 cm³/mol. The van der Waals surface area contributed by atoms with Crippen LogP contribution in [-0.2, 0) is 23.0 Å². The molecule has 0 radical (unpaired) electrons. The van der Waals surface area contributed by atoms with Gasteiger partial charge in [-0.2, -0.15) is 13.9 Å². The van der Waals surface area contributed by atoms with Crippen LogP contribution in [0.5, 0.6) is 5.88 Å². The average Bonchev–Trinajstić information content (AvgIpc) is 2.83. The summed E-state index contributed by atoms with van der Waals surface area (Å²) in [7, 11) is 1.43. The number of carbonyl (C=O) groups excluding carboxylic acids is 1. The van der Waals surface area contributed by atoms with Gasteiger partial charge in [0.05, 0.1) is 0 Å². The number of ether oxygens (including phenoxy) is 2. The SMILES string of the molecule is Cn1nc(-c2ccc(Cl)c(CC(Cl)C(=O)OC(C)(C)C)c2)c(Cl)c1OC(F)F. The van der Waals surface area contributed by atoms with Gasteiger partial charge in [0.15, 0.2) is 0 Å². The lowest BCUT2D eigenvalue weighted by Crippen LogP contribution is -2.30. The predicted octanol–water partition coefficient (Wildman–Crippen LogP) is 5.49. The highest BCUT2D eigenvalue weighted by Gasteiger charge is 2.25. The Labute approximate surface area is 176 Å². The first-order valence-electron chi connectivity index (χ1n) is 8.22. The Bertz CT molecular complexity index is 866. The van der Waals surface area contributed by atoms with Crippen molar-refractivity contribution in [3.8, 4) is 17.1 Å². The van der Waals surface area contributed by atoms with Crippen LogP contribution in [0.2, 0.25) is 10.0 Å². The summed E-state index contributed by atoms with van der Waals surface area (Å²) < 4.78 is 35.9. The van der Waals surface area contributed by atoms with E-state index in [9.17, 15) is 13.6 Å². The van der Waals surface area contributed by atoms with Crippen LogP contribution in [-0.4, -0.2) is 33.3 Å². The summed E-state index contributed by atoms with van der Waals surface area (Å²) in [6.45, 7) is 2.19. The highest BCUT2D eigenvalue weighted by molar-refractivity contribution is 6.34. The second-order valence-electron chi connectivity index (χ2n) is 6.98. The van der Waals surface area contributed by atoms with Gasteiger partial charge in [0.25, 0.3) is 0 Å². The van der Waals surface area contributed by atoms with Crippen LogP contribution in [0.4, 0.5) is 8.78 Å². The zero-order chi connectivity index (χ0) is 21.2. The summed E-state index contributed by atoms with van der Waals surface area (Å²) in [5.41, 5.74) is 0.639. The van der Waals surface area contributed by atoms with Gasteiger partial charge in [0, 0.05) is 24.1 Å². The normalized spacial score (nSPS) is 12.9. The zero-order valence-corrected chi connectivity index (χ0v) is 17.9. The minimum Gasteiger partial charge on any atom is -0.459 e. The molecule has 1 aromatic heterocycles. The molecule has 0 N–H and O–H groups in total. The van der Waals surface area contributed by atoms with E-state index >= 15 is 0 Å². The number of nitrogens with zero attached hydrogens (tertiary/aromatic N) is 2. The van der Waals surface area contributed by atoms with Crippen molar-refractivity contribution < 1.29 is 23.0 Å². The van der Waals surface area contributed by atoms with Gasteiger partial charge in [-0.25, -0.2) is 4.68 Å². The number of hydrogen-bond acceptors (Lipinski definition) is 4. The van der Waals surface area contributed by atoms with E-state index < -0.39 is 23.6 Å². The zero-order valence-electron chi connectivity index (χ0n) is 15.6. The number of aryl methyl sites for hydroxylation is 1. The summed E-state index contributed by atoms with van der Waals surface area (Å²) in [5.74, 6) is -0.828. The highest BCUT2D eigenvalue weighted by atomic mass is 35.5. The molecule has 0 aliphatic rings. The minimum absolute atomic E-state index is 0.0642. The molecular formula is C18H19Cl3F2N2O3. The molecule has 0 spiro atoms. The van der Waals surface area contributed by atoms with Gasteiger partial charge in [-0.05, 0) is 38.5 Å². The molecule has 0 bridgehead atoms. The monoisotopic (exact) mass is 454 g/mol. The molecule has 5 nitrogen and oxygen atoms in total. The maximum Gasteiger partial charge on any atom is 0.388 e. The van der Waals surface area contributed by atoms with Crippen molar-refractivity contribution in [1.82, 2.24) is 9.78 Å². The molecule has 10 heteroatoms. The lowest BCUT2D eigenvalue weighted by molar-refractivity contribution is -0.154. The first kappa shape index (κ1) is 22.7. The fourth-order valence-electron chi connectivity index (χ4n) is 2.40. The Balaban J connectivity index is 2.30. The molecule has 1 aromatic carbocycles. The van der Waals surface area contributed by atoms with Gasteiger partial charge in [0.1, 0.15) is 21.7 Å². The number of rotatable bonds is 6. The van der Waals surface area contributed by atoms with Crippen LogP contribution in [0.15, 0.2) is 18.2 Å². The number of hydrogen-bond donors (Lipinski definition) is 0. The second-order valence-corrected chi connectivity index (χ2v) is 8.29. The molecule has 0 fully saturated rings. The van der Waals surface area contributed by atoms with Crippen molar-refractivity contribution in [2.45, 2.75) is 44.8 Å². The summed E-state index contributed by atoms with van der Waals surface area (Å²) >= 11 is 18.5. The first-order valence-corrected chi connectivity index (χ1v) is 9.41. The van der Waals surface area contributed by atoms with Gasteiger partial charge >= 0.3 is 12.6 Å². The molecule has 28 heavy (non-hydrogen) atoms. The third-order valence-corrected chi connectivity index (χ3v) is 4.56. The molecule has 0 amide bonds.